The molecule has 8 heteroatoms. The third kappa shape index (κ3) is 2.85. The summed E-state index contributed by atoms with van der Waals surface area (Å²) in [5.41, 5.74) is -1.08. The molecule has 0 atom stereocenters. The van der Waals surface area contributed by atoms with Crippen molar-refractivity contribution >= 4 is 21.4 Å². The third-order valence-electron chi connectivity index (χ3n) is 2.81. The van der Waals surface area contributed by atoms with Gasteiger partial charge >= 0.3 is 12.1 Å². The van der Waals surface area contributed by atoms with E-state index < -0.39 is 32.5 Å². The van der Waals surface area contributed by atoms with E-state index in [0.29, 0.717) is 0 Å². The van der Waals surface area contributed by atoms with Crippen molar-refractivity contribution in [2.75, 3.05) is 7.11 Å². The van der Waals surface area contributed by atoms with Crippen LogP contribution in [0.5, 0.6) is 0 Å². The zero-order valence-electron chi connectivity index (χ0n) is 10.6. The molecule has 0 fully saturated rings. The van der Waals surface area contributed by atoms with Gasteiger partial charge in [-0.1, -0.05) is 12.1 Å². The Morgan fingerprint density at radius 1 is 1.24 bits per heavy atom. The number of allylic oxidation sites excluding steroid dienone is 2. The topological polar surface area (TPSA) is 60.4 Å². The molecular weight excluding hydrogens is 309 g/mol. The number of rotatable bonds is 2. The molecule has 4 nitrogen and oxygen atoms in total. The van der Waals surface area contributed by atoms with Crippen molar-refractivity contribution in [3.05, 3.63) is 51.8 Å². The number of carbonyl (C=O) groups excluding carboxylic acids is 1. The second-order valence-electron chi connectivity index (χ2n) is 4.16. The first kappa shape index (κ1) is 15.3. The van der Waals surface area contributed by atoms with Gasteiger partial charge in [-0.2, -0.15) is 13.2 Å². The van der Waals surface area contributed by atoms with E-state index in [0.717, 1.165) is 36.8 Å². The molecule has 0 saturated carbocycles. The Morgan fingerprint density at radius 2 is 1.90 bits per heavy atom. The fraction of sp³-hybridized carbons (Fsp3) is 0.154. The molecule has 1 heterocycles. The van der Waals surface area contributed by atoms with Crippen molar-refractivity contribution in [1.82, 2.24) is 0 Å². The quantitative estimate of drug-likeness (QED) is 0.786. The highest BCUT2D eigenvalue weighted by atomic mass is 32.2. The van der Waals surface area contributed by atoms with E-state index in [1.54, 1.807) is 0 Å². The van der Waals surface area contributed by atoms with E-state index >= 15 is 0 Å². The van der Waals surface area contributed by atoms with E-state index in [2.05, 4.69) is 4.74 Å². The summed E-state index contributed by atoms with van der Waals surface area (Å²) in [4.78, 5) is 10.9. The van der Waals surface area contributed by atoms with Crippen molar-refractivity contribution in [2.24, 2.45) is 0 Å². The summed E-state index contributed by atoms with van der Waals surface area (Å²) < 4.78 is 66.0. The Hall–Kier alpha value is -2.09. The summed E-state index contributed by atoms with van der Waals surface area (Å²) >= 11 is 0. The van der Waals surface area contributed by atoms with Crippen LogP contribution in [-0.2, 0) is 25.5 Å². The number of benzene rings is 1. The molecule has 0 bridgehead atoms. The van der Waals surface area contributed by atoms with Gasteiger partial charge in [-0.3, -0.25) is 0 Å². The van der Waals surface area contributed by atoms with Gasteiger partial charge in [0.1, 0.15) is 0 Å². The molecule has 0 aliphatic carbocycles. The van der Waals surface area contributed by atoms with Crippen molar-refractivity contribution in [1.29, 1.82) is 0 Å². The molecule has 2 rings (SSSR count). The van der Waals surface area contributed by atoms with Crippen LogP contribution < -0.4 is 0 Å². The number of hydrogen-bond acceptors (Lipinski definition) is 4. The molecule has 0 radical (unpaired) electrons. The molecule has 21 heavy (non-hydrogen) atoms. The van der Waals surface area contributed by atoms with E-state index in [-0.39, 0.29) is 11.1 Å². The molecule has 0 amide bonds. The lowest BCUT2D eigenvalue weighted by atomic mass is 10.0. The molecule has 0 aromatic heterocycles. The summed E-state index contributed by atoms with van der Waals surface area (Å²) in [6.07, 6.45) is -3.49. The number of methoxy groups -OCH3 is 1. The van der Waals surface area contributed by atoms with Crippen LogP contribution in [0.2, 0.25) is 0 Å². The number of ether oxygens (including phenoxy) is 1. The summed E-state index contributed by atoms with van der Waals surface area (Å²) in [5, 5.41) is 0.759. The molecule has 1 aliphatic rings. The Morgan fingerprint density at radius 3 is 2.48 bits per heavy atom. The first-order valence-corrected chi connectivity index (χ1v) is 7.15. The van der Waals surface area contributed by atoms with E-state index in [1.165, 1.54) is 6.07 Å². The number of alkyl halides is 3. The average molecular weight is 318 g/mol. The van der Waals surface area contributed by atoms with Gasteiger partial charge in [0.05, 0.1) is 12.7 Å². The summed E-state index contributed by atoms with van der Waals surface area (Å²) in [6.45, 7) is 0. The lowest BCUT2D eigenvalue weighted by molar-refractivity contribution is -0.137. The van der Waals surface area contributed by atoms with Crippen molar-refractivity contribution in [3.8, 4) is 0 Å². The standard InChI is InChI=1S/C13H9F3O4S/c1-20-12(17)11-10(5-6-21(11,18)19)8-3-2-4-9(7-8)13(14,15)16/h2-7H,1H3. The van der Waals surface area contributed by atoms with Crippen LogP contribution in [-0.4, -0.2) is 21.5 Å². The van der Waals surface area contributed by atoms with Gasteiger partial charge in [0.25, 0.3) is 0 Å². The van der Waals surface area contributed by atoms with Crippen LogP contribution in [0, 0.1) is 0 Å². The monoisotopic (exact) mass is 318 g/mol. The van der Waals surface area contributed by atoms with Gasteiger partial charge < -0.3 is 4.74 Å². The molecule has 1 aromatic rings. The normalized spacial score (nSPS) is 17.1. The zero-order valence-corrected chi connectivity index (χ0v) is 11.5. The fourth-order valence-electron chi connectivity index (χ4n) is 1.86. The highest BCUT2D eigenvalue weighted by molar-refractivity contribution is 7.99. The molecule has 112 valence electrons. The molecule has 1 aromatic carbocycles. The van der Waals surface area contributed by atoms with Gasteiger partial charge in [0.15, 0.2) is 4.91 Å². The van der Waals surface area contributed by atoms with Gasteiger partial charge in [-0.05, 0) is 23.8 Å². The predicted octanol–water partition coefficient (Wildman–Crippen LogP) is 2.53. The van der Waals surface area contributed by atoms with Crippen LogP contribution >= 0.6 is 0 Å². The number of hydrogen-bond donors (Lipinski definition) is 0. The maximum absolute atomic E-state index is 12.7. The van der Waals surface area contributed by atoms with Crippen molar-refractivity contribution in [2.45, 2.75) is 6.18 Å². The molecule has 1 aliphatic heterocycles. The first-order chi connectivity index (χ1) is 9.66. The number of halogens is 3. The second kappa shape index (κ2) is 5.03. The predicted molar refractivity (Wildman–Crippen MR) is 68.4 cm³/mol. The van der Waals surface area contributed by atoms with Crippen LogP contribution in [0.4, 0.5) is 13.2 Å². The van der Waals surface area contributed by atoms with Gasteiger partial charge in [-0.25, -0.2) is 13.2 Å². The average Bonchev–Trinajstić information content (AvgIpc) is 2.73. The maximum atomic E-state index is 12.7. The van der Waals surface area contributed by atoms with Gasteiger partial charge in [0.2, 0.25) is 9.84 Å². The van der Waals surface area contributed by atoms with E-state index in [1.807, 2.05) is 0 Å². The minimum atomic E-state index is -4.57. The number of esters is 1. The van der Waals surface area contributed by atoms with Crippen LogP contribution in [0.3, 0.4) is 0 Å². The van der Waals surface area contributed by atoms with Crippen LogP contribution in [0.1, 0.15) is 11.1 Å². The maximum Gasteiger partial charge on any atom is 0.416 e. The summed E-state index contributed by atoms with van der Waals surface area (Å²) in [5.74, 6) is -1.12. The van der Waals surface area contributed by atoms with Gasteiger partial charge in [0, 0.05) is 11.0 Å². The lowest BCUT2D eigenvalue weighted by Gasteiger charge is -2.09. The Kier molecular flexibility index (Phi) is 3.66. The van der Waals surface area contributed by atoms with Crippen molar-refractivity contribution in [3.63, 3.8) is 0 Å². The van der Waals surface area contributed by atoms with Crippen LogP contribution in [0.15, 0.2) is 40.7 Å². The number of carbonyl (C=O) groups is 1. The summed E-state index contributed by atoms with van der Waals surface area (Å²) in [7, 11) is -3.01. The largest absolute Gasteiger partial charge is 0.465 e. The van der Waals surface area contributed by atoms with E-state index in [9.17, 15) is 26.4 Å². The highest BCUT2D eigenvalue weighted by Crippen LogP contribution is 2.35. The minimum Gasteiger partial charge on any atom is -0.465 e. The molecule has 0 saturated heterocycles. The smallest absolute Gasteiger partial charge is 0.416 e. The molecular formula is C13H9F3O4S. The Bertz CT molecular complexity index is 758. The molecule has 0 spiro atoms. The number of sulfone groups is 1. The van der Waals surface area contributed by atoms with Crippen LogP contribution in [0.25, 0.3) is 5.57 Å². The molecule has 0 N–H and O–H groups in total. The molecule has 0 unspecified atom stereocenters. The van der Waals surface area contributed by atoms with Crippen molar-refractivity contribution < 1.29 is 31.1 Å². The fourth-order valence-corrected chi connectivity index (χ4v) is 3.12. The SMILES string of the molecule is COC(=O)C1=C(c2cccc(C(F)(F)F)c2)C=CS1(=O)=O. The second-order valence-corrected chi connectivity index (χ2v) is 5.93. The first-order valence-electron chi connectivity index (χ1n) is 5.60. The zero-order chi connectivity index (χ0) is 15.8. The minimum absolute atomic E-state index is 0.0254. The van der Waals surface area contributed by atoms with E-state index in [4.69, 9.17) is 0 Å². The lowest BCUT2D eigenvalue weighted by Crippen LogP contribution is -2.12. The summed E-state index contributed by atoms with van der Waals surface area (Å²) in [6, 6.07) is 4.07. The third-order valence-corrected chi connectivity index (χ3v) is 4.26. The Labute approximate surface area is 118 Å². The van der Waals surface area contributed by atoms with Gasteiger partial charge in [-0.15, -0.1) is 0 Å². The Balaban J connectivity index is 2.65. The highest BCUT2D eigenvalue weighted by Gasteiger charge is 2.34.